The van der Waals surface area contributed by atoms with Crippen molar-refractivity contribution in [3.05, 3.63) is 33.3 Å². The van der Waals surface area contributed by atoms with Crippen LogP contribution in [0.4, 0.5) is 0 Å². The molecule has 1 unspecified atom stereocenters. The van der Waals surface area contributed by atoms with Crippen molar-refractivity contribution < 1.29 is 5.11 Å². The maximum Gasteiger partial charge on any atom is 0.0816 e. The Hall–Kier alpha value is -0.130. The van der Waals surface area contributed by atoms with E-state index >= 15 is 0 Å². The molecule has 1 atom stereocenters. The third-order valence-electron chi connectivity index (χ3n) is 4.18. The lowest BCUT2D eigenvalue weighted by Crippen LogP contribution is -2.49. The van der Waals surface area contributed by atoms with Crippen LogP contribution in [0.5, 0.6) is 0 Å². The molecule has 2 rings (SSSR count). The summed E-state index contributed by atoms with van der Waals surface area (Å²) in [4.78, 5) is 4.92. The molecular formula is C16H24BrClN2O. The zero-order chi connectivity index (χ0) is 15.4. The molecule has 3 nitrogen and oxygen atoms in total. The first kappa shape index (κ1) is 17.2. The molecule has 1 aliphatic heterocycles. The molecule has 1 heterocycles. The van der Waals surface area contributed by atoms with Crippen LogP contribution in [0.2, 0.25) is 5.02 Å². The summed E-state index contributed by atoms with van der Waals surface area (Å²) in [5, 5.41) is 11.0. The van der Waals surface area contributed by atoms with E-state index in [4.69, 9.17) is 11.6 Å². The molecular weight excluding hydrogens is 352 g/mol. The van der Waals surface area contributed by atoms with Crippen molar-refractivity contribution in [3.63, 3.8) is 0 Å². The zero-order valence-corrected chi connectivity index (χ0v) is 15.1. The van der Waals surface area contributed by atoms with Gasteiger partial charge in [0.05, 0.1) is 6.10 Å². The summed E-state index contributed by atoms with van der Waals surface area (Å²) in [6, 6.07) is 6.28. The molecule has 118 valence electrons. The fourth-order valence-electron chi connectivity index (χ4n) is 2.74. The van der Waals surface area contributed by atoms with Gasteiger partial charge in [0.2, 0.25) is 0 Å². The number of aliphatic hydroxyl groups is 1. The van der Waals surface area contributed by atoms with Gasteiger partial charge in [-0.05, 0) is 38.0 Å². The van der Waals surface area contributed by atoms with Gasteiger partial charge in [0.1, 0.15) is 0 Å². The number of hydrogen-bond acceptors (Lipinski definition) is 3. The summed E-state index contributed by atoms with van der Waals surface area (Å²) in [6.45, 7) is 9.81. The number of benzene rings is 1. The molecule has 0 radical (unpaired) electrons. The Morgan fingerprint density at radius 1 is 1.24 bits per heavy atom. The summed E-state index contributed by atoms with van der Waals surface area (Å²) in [5.74, 6) is 0. The van der Waals surface area contributed by atoms with Crippen molar-refractivity contribution in [1.29, 1.82) is 0 Å². The molecule has 0 aromatic heterocycles. The Labute approximate surface area is 141 Å². The van der Waals surface area contributed by atoms with Gasteiger partial charge in [0.15, 0.2) is 0 Å². The molecule has 21 heavy (non-hydrogen) atoms. The number of rotatable bonds is 5. The van der Waals surface area contributed by atoms with Gasteiger partial charge in [-0.3, -0.25) is 4.90 Å². The number of aliphatic hydroxyl groups excluding tert-OH is 1. The van der Waals surface area contributed by atoms with E-state index in [-0.39, 0.29) is 0 Å². The molecule has 1 aliphatic rings. The third-order valence-corrected chi connectivity index (χ3v) is 5.00. The van der Waals surface area contributed by atoms with Crippen molar-refractivity contribution in [2.75, 3.05) is 32.7 Å². The normalized spacial score (nSPS) is 19.1. The highest BCUT2D eigenvalue weighted by Crippen LogP contribution is 2.28. The number of piperazine rings is 1. The van der Waals surface area contributed by atoms with E-state index in [9.17, 15) is 5.11 Å². The maximum absolute atomic E-state index is 10.3. The molecule has 1 aromatic carbocycles. The Morgan fingerprint density at radius 3 is 2.48 bits per heavy atom. The van der Waals surface area contributed by atoms with Crippen molar-refractivity contribution in [3.8, 4) is 0 Å². The SMILES string of the molecule is CC(C)N1CCN(CCC(O)c2ccc(Br)cc2Cl)CC1. The first-order valence-electron chi connectivity index (χ1n) is 7.57. The molecule has 0 saturated carbocycles. The van der Waals surface area contributed by atoms with Gasteiger partial charge in [-0.2, -0.15) is 0 Å². The lowest BCUT2D eigenvalue weighted by Gasteiger charge is -2.37. The zero-order valence-electron chi connectivity index (χ0n) is 12.7. The van der Waals surface area contributed by atoms with E-state index in [0.717, 1.165) is 49.2 Å². The largest absolute Gasteiger partial charge is 0.388 e. The van der Waals surface area contributed by atoms with Crippen molar-refractivity contribution in [1.82, 2.24) is 9.80 Å². The second kappa shape index (κ2) is 7.93. The highest BCUT2D eigenvalue weighted by molar-refractivity contribution is 9.10. The van der Waals surface area contributed by atoms with Crippen LogP contribution in [0, 0.1) is 0 Å². The standard InChI is InChI=1S/C16H24BrClN2O/c1-12(2)20-9-7-19(8-10-20)6-5-16(21)14-4-3-13(17)11-15(14)18/h3-4,11-12,16,21H,5-10H2,1-2H3. The van der Waals surface area contributed by atoms with E-state index in [2.05, 4.69) is 39.6 Å². The van der Waals surface area contributed by atoms with E-state index in [1.807, 2.05) is 18.2 Å². The topological polar surface area (TPSA) is 26.7 Å². The van der Waals surface area contributed by atoms with Gasteiger partial charge in [-0.15, -0.1) is 0 Å². The fourth-order valence-corrected chi connectivity index (χ4v) is 3.53. The van der Waals surface area contributed by atoms with Crippen molar-refractivity contribution >= 4 is 27.5 Å². The lowest BCUT2D eigenvalue weighted by atomic mass is 10.1. The highest BCUT2D eigenvalue weighted by atomic mass is 79.9. The van der Waals surface area contributed by atoms with Crippen LogP contribution in [0.3, 0.4) is 0 Å². The van der Waals surface area contributed by atoms with Crippen LogP contribution in [0.1, 0.15) is 31.9 Å². The number of nitrogens with zero attached hydrogens (tertiary/aromatic N) is 2. The van der Waals surface area contributed by atoms with Gasteiger partial charge in [0.25, 0.3) is 0 Å². The van der Waals surface area contributed by atoms with Crippen LogP contribution >= 0.6 is 27.5 Å². The molecule has 1 aromatic rings. The second-order valence-electron chi connectivity index (χ2n) is 5.94. The van der Waals surface area contributed by atoms with E-state index in [1.54, 1.807) is 0 Å². The average molecular weight is 376 g/mol. The van der Waals surface area contributed by atoms with E-state index < -0.39 is 6.10 Å². The molecule has 1 saturated heterocycles. The van der Waals surface area contributed by atoms with Crippen LogP contribution in [0.25, 0.3) is 0 Å². The molecule has 5 heteroatoms. The predicted molar refractivity (Wildman–Crippen MR) is 91.9 cm³/mol. The number of halogens is 2. The minimum Gasteiger partial charge on any atom is -0.388 e. The minimum absolute atomic E-state index is 0.492. The van der Waals surface area contributed by atoms with Crippen LogP contribution in [-0.2, 0) is 0 Å². The van der Waals surface area contributed by atoms with Gasteiger partial charge < -0.3 is 10.0 Å². The summed E-state index contributed by atoms with van der Waals surface area (Å²) >= 11 is 9.57. The highest BCUT2D eigenvalue weighted by Gasteiger charge is 2.20. The minimum atomic E-state index is -0.492. The summed E-state index contributed by atoms with van der Waals surface area (Å²) in [7, 11) is 0. The molecule has 0 amide bonds. The quantitative estimate of drug-likeness (QED) is 0.852. The average Bonchev–Trinajstić information content (AvgIpc) is 2.45. The van der Waals surface area contributed by atoms with Crippen LogP contribution < -0.4 is 0 Å². The van der Waals surface area contributed by atoms with Gasteiger partial charge in [-0.1, -0.05) is 33.6 Å². The van der Waals surface area contributed by atoms with E-state index in [1.165, 1.54) is 0 Å². The lowest BCUT2D eigenvalue weighted by molar-refractivity contribution is 0.0882. The molecule has 1 fully saturated rings. The van der Waals surface area contributed by atoms with Gasteiger partial charge in [0, 0.05) is 48.3 Å². The van der Waals surface area contributed by atoms with Gasteiger partial charge >= 0.3 is 0 Å². The second-order valence-corrected chi connectivity index (χ2v) is 7.26. The third kappa shape index (κ3) is 4.93. The van der Waals surface area contributed by atoms with Crippen LogP contribution in [-0.4, -0.2) is 53.7 Å². The molecule has 0 spiro atoms. The molecule has 0 aliphatic carbocycles. The van der Waals surface area contributed by atoms with Crippen molar-refractivity contribution in [2.24, 2.45) is 0 Å². The Kier molecular flexibility index (Phi) is 6.51. The molecule has 1 N–H and O–H groups in total. The first-order valence-corrected chi connectivity index (χ1v) is 8.74. The number of hydrogen-bond donors (Lipinski definition) is 1. The first-order chi connectivity index (χ1) is 9.97. The summed E-state index contributed by atoms with van der Waals surface area (Å²) in [5.41, 5.74) is 0.820. The van der Waals surface area contributed by atoms with Crippen LogP contribution in [0.15, 0.2) is 22.7 Å². The Balaban J connectivity index is 1.81. The summed E-state index contributed by atoms with van der Waals surface area (Å²) in [6.07, 6.45) is 0.233. The fraction of sp³-hybridized carbons (Fsp3) is 0.625. The maximum atomic E-state index is 10.3. The van der Waals surface area contributed by atoms with Crippen molar-refractivity contribution in [2.45, 2.75) is 32.4 Å². The smallest absolute Gasteiger partial charge is 0.0816 e. The summed E-state index contributed by atoms with van der Waals surface area (Å²) < 4.78 is 0.938. The monoisotopic (exact) mass is 374 g/mol. The molecule has 0 bridgehead atoms. The van der Waals surface area contributed by atoms with E-state index in [0.29, 0.717) is 11.1 Å². The Morgan fingerprint density at radius 2 is 1.90 bits per heavy atom. The Bertz CT molecular complexity index is 462. The predicted octanol–water partition coefficient (Wildman–Crippen LogP) is 3.55. The van der Waals surface area contributed by atoms with Gasteiger partial charge in [-0.25, -0.2) is 0 Å².